The summed E-state index contributed by atoms with van der Waals surface area (Å²) < 4.78 is 32.7. The zero-order valence-electron chi connectivity index (χ0n) is 17.3. The summed E-state index contributed by atoms with van der Waals surface area (Å²) in [6.07, 6.45) is 7.86. The van der Waals surface area contributed by atoms with Gasteiger partial charge < -0.3 is 9.64 Å². The van der Waals surface area contributed by atoms with Gasteiger partial charge in [-0.1, -0.05) is 12.1 Å². The average molecular weight is 427 g/mol. The number of rotatable bonds is 5. The Hall–Kier alpha value is -2.58. The molecule has 8 heteroatoms. The molecule has 0 amide bonds. The molecule has 3 aromatic rings. The highest BCUT2D eigenvalue weighted by Crippen LogP contribution is 2.42. The zero-order chi connectivity index (χ0) is 20.9. The van der Waals surface area contributed by atoms with Crippen LogP contribution >= 0.6 is 0 Å². The monoisotopic (exact) mass is 426 g/mol. The number of hydrogen-bond donors (Lipinski definition) is 0. The minimum absolute atomic E-state index is 0.489. The van der Waals surface area contributed by atoms with E-state index in [0.29, 0.717) is 32.1 Å². The molecule has 1 aliphatic carbocycles. The van der Waals surface area contributed by atoms with Crippen molar-refractivity contribution in [3.8, 4) is 16.9 Å². The van der Waals surface area contributed by atoms with Crippen LogP contribution in [-0.4, -0.2) is 61.9 Å². The lowest BCUT2D eigenvalue weighted by molar-refractivity contribution is 0.381. The first-order valence-corrected chi connectivity index (χ1v) is 12.1. The van der Waals surface area contributed by atoms with Crippen molar-refractivity contribution in [2.45, 2.75) is 18.8 Å². The van der Waals surface area contributed by atoms with E-state index in [9.17, 15) is 8.42 Å². The molecular formula is C22H26N4O3S. The lowest BCUT2D eigenvalue weighted by Gasteiger charge is -2.35. The smallest absolute Gasteiger partial charge is 0.211 e. The maximum atomic E-state index is 11.8. The van der Waals surface area contributed by atoms with Gasteiger partial charge in [-0.3, -0.25) is 0 Å². The first-order chi connectivity index (χ1) is 14.4. The fourth-order valence-corrected chi connectivity index (χ4v) is 5.09. The molecule has 158 valence electrons. The summed E-state index contributed by atoms with van der Waals surface area (Å²) in [4.78, 5) is 2.18. The molecule has 1 saturated heterocycles. The van der Waals surface area contributed by atoms with E-state index >= 15 is 0 Å². The van der Waals surface area contributed by atoms with E-state index in [1.807, 2.05) is 16.8 Å². The number of fused-ring (bicyclic) bond motifs is 1. The summed E-state index contributed by atoms with van der Waals surface area (Å²) in [5.74, 6) is 1.47. The zero-order valence-corrected chi connectivity index (χ0v) is 18.1. The molecule has 1 saturated carbocycles. The molecule has 0 unspecified atom stereocenters. The number of sulfonamides is 1. The van der Waals surface area contributed by atoms with E-state index in [1.165, 1.54) is 34.5 Å². The maximum absolute atomic E-state index is 11.8. The largest absolute Gasteiger partial charge is 0.495 e. The molecule has 0 spiro atoms. The average Bonchev–Trinajstić information content (AvgIpc) is 3.51. The van der Waals surface area contributed by atoms with Crippen molar-refractivity contribution in [2.24, 2.45) is 0 Å². The second-order valence-electron chi connectivity index (χ2n) is 8.16. The van der Waals surface area contributed by atoms with Gasteiger partial charge in [0.05, 0.1) is 30.8 Å². The molecule has 0 atom stereocenters. The van der Waals surface area contributed by atoms with E-state index in [4.69, 9.17) is 4.74 Å². The van der Waals surface area contributed by atoms with Crippen LogP contribution in [0.5, 0.6) is 5.75 Å². The molecule has 0 N–H and O–H groups in total. The van der Waals surface area contributed by atoms with Gasteiger partial charge in [-0.2, -0.15) is 9.40 Å². The van der Waals surface area contributed by atoms with Gasteiger partial charge in [-0.15, -0.1) is 0 Å². The van der Waals surface area contributed by atoms with Crippen molar-refractivity contribution < 1.29 is 13.2 Å². The molecule has 7 nitrogen and oxygen atoms in total. The Morgan fingerprint density at radius 3 is 2.43 bits per heavy atom. The second kappa shape index (κ2) is 7.28. The Bertz CT molecular complexity index is 1190. The van der Waals surface area contributed by atoms with E-state index in [-0.39, 0.29) is 0 Å². The van der Waals surface area contributed by atoms with Crippen LogP contribution < -0.4 is 9.64 Å². The van der Waals surface area contributed by atoms with Gasteiger partial charge in [-0.25, -0.2) is 12.9 Å². The van der Waals surface area contributed by atoms with Crippen molar-refractivity contribution in [3.63, 3.8) is 0 Å². The number of aromatic nitrogens is 2. The fourth-order valence-electron chi connectivity index (χ4n) is 4.26. The summed E-state index contributed by atoms with van der Waals surface area (Å²) in [7, 11) is -1.47. The van der Waals surface area contributed by atoms with Crippen LogP contribution in [0.4, 0.5) is 5.69 Å². The predicted octanol–water partition coefficient (Wildman–Crippen LogP) is 2.97. The van der Waals surface area contributed by atoms with Crippen LogP contribution in [0, 0.1) is 0 Å². The quantitative estimate of drug-likeness (QED) is 0.628. The van der Waals surface area contributed by atoms with Gasteiger partial charge in [0.2, 0.25) is 10.0 Å². The normalized spacial score (nSPS) is 18.1. The van der Waals surface area contributed by atoms with Crippen molar-refractivity contribution in [3.05, 3.63) is 48.3 Å². The molecule has 1 aromatic carbocycles. The standard InChI is InChI=1S/C22H26N4O3S/c1-29-22-13-17(5-8-21(22)24-9-11-25(12-10-24)30(2,27)28)18-6-7-20-19(16-3-4-16)14-23-26(20)15-18/h5-8,13-16H,3-4,9-12H2,1-2H3. The van der Waals surface area contributed by atoms with Gasteiger partial charge in [0.15, 0.2) is 0 Å². The van der Waals surface area contributed by atoms with Crippen LogP contribution in [0.25, 0.3) is 16.6 Å². The lowest BCUT2D eigenvalue weighted by Crippen LogP contribution is -2.48. The molecule has 5 rings (SSSR count). The molecular weight excluding hydrogens is 400 g/mol. The van der Waals surface area contributed by atoms with Gasteiger partial charge in [-0.05, 0) is 42.5 Å². The third-order valence-corrected chi connectivity index (χ3v) is 7.43. The van der Waals surface area contributed by atoms with Crippen LogP contribution in [0.2, 0.25) is 0 Å². The number of benzene rings is 1. The summed E-state index contributed by atoms with van der Waals surface area (Å²) in [5, 5.41) is 4.55. The Kier molecular flexibility index (Phi) is 4.71. The number of pyridine rings is 1. The van der Waals surface area contributed by atoms with Crippen LogP contribution in [0.15, 0.2) is 42.7 Å². The molecule has 0 radical (unpaired) electrons. The number of piperazine rings is 1. The first kappa shape index (κ1) is 19.4. The lowest BCUT2D eigenvalue weighted by atomic mass is 10.1. The number of anilines is 1. The van der Waals surface area contributed by atoms with Crippen molar-refractivity contribution >= 4 is 21.2 Å². The van der Waals surface area contributed by atoms with Crippen LogP contribution in [0.3, 0.4) is 0 Å². The summed E-state index contributed by atoms with van der Waals surface area (Å²) >= 11 is 0. The van der Waals surface area contributed by atoms with E-state index < -0.39 is 10.0 Å². The Labute approximate surface area is 176 Å². The van der Waals surface area contributed by atoms with Gasteiger partial charge in [0, 0.05) is 43.5 Å². The van der Waals surface area contributed by atoms with Gasteiger partial charge in [0.1, 0.15) is 5.75 Å². The number of methoxy groups -OCH3 is 1. The predicted molar refractivity (Wildman–Crippen MR) is 118 cm³/mol. The highest BCUT2D eigenvalue weighted by Gasteiger charge is 2.27. The van der Waals surface area contributed by atoms with Gasteiger partial charge in [0.25, 0.3) is 0 Å². The number of nitrogens with zero attached hydrogens (tertiary/aromatic N) is 4. The molecule has 3 heterocycles. The molecule has 2 fully saturated rings. The van der Waals surface area contributed by atoms with Crippen molar-refractivity contribution in [1.29, 1.82) is 0 Å². The van der Waals surface area contributed by atoms with E-state index in [1.54, 1.807) is 7.11 Å². The third-order valence-electron chi connectivity index (χ3n) is 6.12. The van der Waals surface area contributed by atoms with Gasteiger partial charge >= 0.3 is 0 Å². The number of ether oxygens (including phenoxy) is 1. The molecule has 1 aliphatic heterocycles. The highest BCUT2D eigenvalue weighted by molar-refractivity contribution is 7.88. The number of hydrogen-bond acceptors (Lipinski definition) is 5. The Balaban J connectivity index is 1.41. The van der Waals surface area contributed by atoms with Crippen molar-refractivity contribution in [2.75, 3.05) is 44.4 Å². The summed E-state index contributed by atoms with van der Waals surface area (Å²) in [6, 6.07) is 10.5. The molecule has 0 bridgehead atoms. The topological polar surface area (TPSA) is 67.2 Å². The highest BCUT2D eigenvalue weighted by atomic mass is 32.2. The third kappa shape index (κ3) is 3.54. The second-order valence-corrected chi connectivity index (χ2v) is 10.1. The van der Waals surface area contributed by atoms with Crippen molar-refractivity contribution in [1.82, 2.24) is 13.9 Å². The minimum atomic E-state index is -3.14. The Morgan fingerprint density at radius 1 is 1.03 bits per heavy atom. The van der Waals surface area contributed by atoms with Crippen LogP contribution in [0.1, 0.15) is 24.3 Å². The summed E-state index contributed by atoms with van der Waals surface area (Å²) in [5.41, 5.74) is 5.68. The Morgan fingerprint density at radius 2 is 1.77 bits per heavy atom. The maximum Gasteiger partial charge on any atom is 0.211 e. The SMILES string of the molecule is COc1cc(-c2ccc3c(C4CC4)cnn3c2)ccc1N1CCN(S(C)(=O)=O)CC1. The van der Waals surface area contributed by atoms with Crippen LogP contribution in [-0.2, 0) is 10.0 Å². The molecule has 2 aromatic heterocycles. The molecule has 2 aliphatic rings. The van der Waals surface area contributed by atoms with E-state index in [2.05, 4.69) is 40.5 Å². The summed E-state index contributed by atoms with van der Waals surface area (Å²) in [6.45, 7) is 2.27. The molecule has 30 heavy (non-hydrogen) atoms. The first-order valence-electron chi connectivity index (χ1n) is 10.3. The van der Waals surface area contributed by atoms with E-state index in [0.717, 1.165) is 22.6 Å². The minimum Gasteiger partial charge on any atom is -0.495 e. The fraction of sp³-hybridized carbons (Fsp3) is 0.409.